The molecular weight excluding hydrogens is 236 g/mol. The van der Waals surface area contributed by atoms with Crippen LogP contribution in [0.3, 0.4) is 0 Å². The molecule has 0 saturated heterocycles. The fourth-order valence-electron chi connectivity index (χ4n) is 1.59. The number of carboxylic acid groups (broad SMARTS) is 1. The van der Waals surface area contributed by atoms with Crippen LogP contribution in [-0.2, 0) is 0 Å². The van der Waals surface area contributed by atoms with E-state index < -0.39 is 6.09 Å². The number of hydrogen-bond acceptors (Lipinski definition) is 3. The molecule has 1 N–H and O–H groups in total. The van der Waals surface area contributed by atoms with Gasteiger partial charge in [0, 0.05) is 13.6 Å². The summed E-state index contributed by atoms with van der Waals surface area (Å²) >= 11 is 0. The molecule has 3 heterocycles. The van der Waals surface area contributed by atoms with Gasteiger partial charge in [-0.05, 0) is 24.6 Å². The largest absolute Gasteiger partial charge is 0.465 e. The Morgan fingerprint density at radius 1 is 1.50 bits per heavy atom. The predicted octanol–water partition coefficient (Wildman–Crippen LogP) is 3.09. The van der Waals surface area contributed by atoms with Crippen LogP contribution in [0.25, 0.3) is 16.8 Å². The first-order valence-corrected chi connectivity index (χ1v) is 5.86. The van der Waals surface area contributed by atoms with E-state index in [1.54, 1.807) is 11.8 Å². The molecule has 6 nitrogen and oxygen atoms in total. The number of benzene rings is 1. The third-order valence-corrected chi connectivity index (χ3v) is 2.77. The summed E-state index contributed by atoms with van der Waals surface area (Å²) in [5, 5.41) is 8.33. The van der Waals surface area contributed by atoms with Crippen molar-refractivity contribution in [1.82, 2.24) is 9.64 Å². The maximum atomic E-state index is 10.1. The van der Waals surface area contributed by atoms with Crippen LogP contribution < -0.4 is 0 Å². The molecule has 0 saturated carbocycles. The summed E-state index contributed by atoms with van der Waals surface area (Å²) in [4.78, 5) is 11.4. The molecule has 0 aromatic heterocycles. The Kier molecular flexibility index (Phi) is 3.45. The highest BCUT2D eigenvalue weighted by molar-refractivity contribution is 5.77. The van der Waals surface area contributed by atoms with Crippen molar-refractivity contribution in [2.45, 2.75) is 19.8 Å². The molecule has 0 fully saturated rings. The molecule has 18 heavy (non-hydrogen) atoms. The molecule has 0 atom stereocenters. The van der Waals surface area contributed by atoms with E-state index >= 15 is 0 Å². The number of amides is 1. The van der Waals surface area contributed by atoms with Gasteiger partial charge in [-0.3, -0.25) is 4.58 Å². The first kappa shape index (κ1) is 12.3. The molecule has 6 heteroatoms. The molecule has 1 aromatic carbocycles. The first-order valence-electron chi connectivity index (χ1n) is 5.86. The summed E-state index contributed by atoms with van der Waals surface area (Å²) in [6.45, 7) is 2.68. The minimum Gasteiger partial charge on any atom is -0.465 e. The Labute approximate surface area is 104 Å². The Morgan fingerprint density at radius 2 is 2.28 bits per heavy atom. The van der Waals surface area contributed by atoms with E-state index in [2.05, 4.69) is 0 Å². The number of nitrogens with zero attached hydrogens (tertiary/aromatic N) is 2. The molecule has 3 aliphatic rings. The molecule has 1 amide bonds. The normalized spacial score (nSPS) is 10.8. The van der Waals surface area contributed by atoms with E-state index in [-0.39, 0.29) is 0 Å². The smallest absolute Gasteiger partial charge is 0.407 e. The summed E-state index contributed by atoms with van der Waals surface area (Å²) in [6.07, 6.45) is 1.14. The number of unbranched alkanes of at least 4 members (excludes halogenated alkanes) is 1. The number of rotatable bonds is 3. The number of hydrogen-bond donors (Lipinski definition) is 1. The van der Waals surface area contributed by atoms with Gasteiger partial charge in [0.15, 0.2) is 0 Å². The zero-order valence-corrected chi connectivity index (χ0v) is 10.4. The highest BCUT2D eigenvalue weighted by Gasteiger charge is 2.18. The van der Waals surface area contributed by atoms with Gasteiger partial charge in [-0.1, -0.05) is 13.3 Å². The second-order valence-corrected chi connectivity index (χ2v) is 4.16. The molecule has 1 aromatic rings. The summed E-state index contributed by atoms with van der Waals surface area (Å²) in [5.41, 5.74) is 2.91. The molecule has 0 aliphatic carbocycles. The summed E-state index contributed by atoms with van der Waals surface area (Å²) < 4.78 is 11.2. The van der Waals surface area contributed by atoms with Crippen molar-refractivity contribution in [2.75, 3.05) is 13.6 Å². The van der Waals surface area contributed by atoms with E-state index in [1.807, 2.05) is 25.1 Å². The van der Waals surface area contributed by atoms with Gasteiger partial charge in [0.2, 0.25) is 5.58 Å². The minimum atomic E-state index is -0.844. The van der Waals surface area contributed by atoms with E-state index in [9.17, 15) is 4.79 Å². The average molecular weight is 252 g/mol. The molecule has 0 unspecified atom stereocenters. The second-order valence-electron chi connectivity index (χ2n) is 4.16. The van der Waals surface area contributed by atoms with Crippen LogP contribution in [0.15, 0.2) is 27.5 Å². The van der Waals surface area contributed by atoms with Gasteiger partial charge in [0.25, 0.3) is 0 Å². The van der Waals surface area contributed by atoms with Crippen LogP contribution in [-0.4, -0.2) is 34.4 Å². The van der Waals surface area contributed by atoms with Crippen molar-refractivity contribution >= 4 is 17.2 Å². The maximum absolute atomic E-state index is 10.1. The number of aromatic nitrogens is 1. The molecular formula is C12H16N2O4. The van der Waals surface area contributed by atoms with E-state index in [0.717, 1.165) is 29.6 Å². The number of fused-ring (bicyclic) bond motifs is 1. The van der Waals surface area contributed by atoms with E-state index in [4.69, 9.17) is 14.4 Å². The van der Waals surface area contributed by atoms with Crippen molar-refractivity contribution in [3.63, 3.8) is 0 Å². The highest BCUT2D eigenvalue weighted by atomic mass is 17.0. The SMILES string of the molecule is CCCCN(C)C(=O)O.c1cc2cc3c1oon2-3. The molecule has 4 rings (SSSR count). The summed E-state index contributed by atoms with van der Waals surface area (Å²) in [7, 11) is 1.58. The van der Waals surface area contributed by atoms with Crippen molar-refractivity contribution < 1.29 is 19.2 Å². The monoisotopic (exact) mass is 252 g/mol. The Bertz CT molecular complexity index is 554. The third kappa shape index (κ3) is 2.27. The van der Waals surface area contributed by atoms with Crippen molar-refractivity contribution in [1.29, 1.82) is 0 Å². The van der Waals surface area contributed by atoms with Gasteiger partial charge in [0.05, 0.1) is 5.52 Å². The maximum Gasteiger partial charge on any atom is 0.407 e. The predicted molar refractivity (Wildman–Crippen MR) is 65.7 cm³/mol. The van der Waals surface area contributed by atoms with Gasteiger partial charge in [-0.25, -0.2) is 4.79 Å². The Balaban J connectivity index is 0.000000134. The van der Waals surface area contributed by atoms with Crippen molar-refractivity contribution in [3.05, 3.63) is 18.2 Å². The summed E-state index contributed by atoms with van der Waals surface area (Å²) in [6, 6.07) is 5.87. The Hall–Kier alpha value is -2.11. The molecule has 0 spiro atoms. The zero-order chi connectivity index (χ0) is 13.1. The van der Waals surface area contributed by atoms with Crippen LogP contribution in [0.4, 0.5) is 4.79 Å². The highest BCUT2D eigenvalue weighted by Crippen LogP contribution is 2.30. The fourth-order valence-corrected chi connectivity index (χ4v) is 1.59. The quantitative estimate of drug-likeness (QED) is 0.727. The lowest BCUT2D eigenvalue weighted by Gasteiger charge is -2.10. The number of carbonyl (C=O) groups is 1. The second kappa shape index (κ2) is 5.03. The minimum absolute atomic E-state index is 0.645. The van der Waals surface area contributed by atoms with Gasteiger partial charge in [-0.2, -0.15) is 4.68 Å². The lowest BCUT2D eigenvalue weighted by molar-refractivity contribution is 0.00177. The number of pyridine rings is 1. The topological polar surface area (TPSA) is 71.8 Å². The molecule has 4 bridgehead atoms. The molecule has 3 aliphatic heterocycles. The first-order chi connectivity index (χ1) is 8.63. The summed E-state index contributed by atoms with van der Waals surface area (Å²) in [5.74, 6) is 0. The zero-order valence-electron chi connectivity index (χ0n) is 10.4. The van der Waals surface area contributed by atoms with Crippen LogP contribution in [0.1, 0.15) is 19.8 Å². The van der Waals surface area contributed by atoms with Gasteiger partial charge >= 0.3 is 6.09 Å². The standard InChI is InChI=1S/C6H3NO2.C6H13NO2/c1-2-6-5-3-4(1)7(5)9-8-6;1-3-4-5-7(2)6(8)9/h1-3H;3-5H2,1-2H3,(H,8,9). The van der Waals surface area contributed by atoms with Gasteiger partial charge in [0.1, 0.15) is 5.69 Å². The Morgan fingerprint density at radius 3 is 2.78 bits per heavy atom. The molecule has 98 valence electrons. The van der Waals surface area contributed by atoms with Crippen molar-refractivity contribution in [2.24, 2.45) is 0 Å². The van der Waals surface area contributed by atoms with Gasteiger partial charge < -0.3 is 10.0 Å². The average Bonchev–Trinajstić information content (AvgIpc) is 2.57. The molecule has 0 radical (unpaired) electrons. The lowest BCUT2D eigenvalue weighted by Crippen LogP contribution is -2.25. The van der Waals surface area contributed by atoms with Crippen LogP contribution >= 0.6 is 0 Å². The van der Waals surface area contributed by atoms with Crippen LogP contribution in [0.2, 0.25) is 0 Å². The van der Waals surface area contributed by atoms with Crippen LogP contribution in [0, 0.1) is 0 Å². The fraction of sp³-hybridized carbons (Fsp3) is 0.417. The van der Waals surface area contributed by atoms with Crippen LogP contribution in [0.5, 0.6) is 0 Å². The lowest BCUT2D eigenvalue weighted by atomic mass is 10.2. The van der Waals surface area contributed by atoms with Gasteiger partial charge in [-0.15, -0.1) is 4.74 Å². The third-order valence-electron chi connectivity index (χ3n) is 2.77. The van der Waals surface area contributed by atoms with Crippen molar-refractivity contribution in [3.8, 4) is 5.69 Å². The van der Waals surface area contributed by atoms with E-state index in [0.29, 0.717) is 6.54 Å². The van der Waals surface area contributed by atoms with E-state index in [1.165, 1.54) is 4.90 Å².